The molecule has 2 rings (SSSR count). The summed E-state index contributed by atoms with van der Waals surface area (Å²) in [6, 6.07) is 8.09. The Bertz CT molecular complexity index is 611. The highest BCUT2D eigenvalue weighted by atomic mass is 16.3. The third-order valence-corrected chi connectivity index (χ3v) is 2.70. The van der Waals surface area contributed by atoms with Gasteiger partial charge in [-0.3, -0.25) is 9.78 Å². The van der Waals surface area contributed by atoms with Crippen molar-refractivity contribution in [3.63, 3.8) is 0 Å². The smallest absolute Gasteiger partial charge is 0.251 e. The molecule has 5 nitrogen and oxygen atoms in total. The van der Waals surface area contributed by atoms with Gasteiger partial charge in [0.25, 0.3) is 5.91 Å². The molecule has 0 bridgehead atoms. The second kappa shape index (κ2) is 5.39. The van der Waals surface area contributed by atoms with Crippen LogP contribution in [0.2, 0.25) is 0 Å². The number of carbonyl (C=O) groups excluding carboxylic acids is 1. The number of phenolic OH excluding ortho intramolecular Hbond substituents is 1. The fraction of sp³-hybridized carbons (Fsp3) is 0.143. The minimum Gasteiger partial charge on any atom is -0.508 e. The van der Waals surface area contributed by atoms with E-state index in [9.17, 15) is 9.90 Å². The van der Waals surface area contributed by atoms with Gasteiger partial charge in [-0.05, 0) is 37.3 Å². The van der Waals surface area contributed by atoms with Crippen LogP contribution in [0.15, 0.2) is 36.5 Å². The first-order valence-electron chi connectivity index (χ1n) is 5.84. The lowest BCUT2D eigenvalue weighted by atomic mass is 10.1. The highest BCUT2D eigenvalue weighted by Gasteiger charge is 2.07. The number of amides is 1. The Morgan fingerprint density at radius 3 is 2.89 bits per heavy atom. The predicted molar refractivity (Wildman–Crippen MR) is 72.7 cm³/mol. The fourth-order valence-corrected chi connectivity index (χ4v) is 1.71. The van der Waals surface area contributed by atoms with Gasteiger partial charge < -0.3 is 16.2 Å². The Kier molecular flexibility index (Phi) is 3.66. The van der Waals surface area contributed by atoms with E-state index in [4.69, 9.17) is 5.73 Å². The molecule has 5 heteroatoms. The van der Waals surface area contributed by atoms with Gasteiger partial charge in [-0.2, -0.15) is 0 Å². The molecule has 1 amide bonds. The van der Waals surface area contributed by atoms with Crippen molar-refractivity contribution in [1.82, 2.24) is 10.3 Å². The lowest BCUT2D eigenvalue weighted by Gasteiger charge is -2.08. The van der Waals surface area contributed by atoms with Crippen molar-refractivity contribution in [1.29, 1.82) is 0 Å². The maximum Gasteiger partial charge on any atom is 0.251 e. The monoisotopic (exact) mass is 257 g/mol. The summed E-state index contributed by atoms with van der Waals surface area (Å²) in [4.78, 5) is 15.9. The van der Waals surface area contributed by atoms with Gasteiger partial charge in [-0.1, -0.05) is 0 Å². The predicted octanol–water partition coefficient (Wildman–Crippen LogP) is 1.61. The van der Waals surface area contributed by atoms with Gasteiger partial charge in [0.2, 0.25) is 0 Å². The number of nitrogens with two attached hydrogens (primary N) is 1. The first-order chi connectivity index (χ1) is 9.06. The van der Waals surface area contributed by atoms with Crippen LogP contribution in [0.4, 0.5) is 5.69 Å². The van der Waals surface area contributed by atoms with E-state index in [0.717, 1.165) is 5.69 Å². The number of anilines is 1. The Morgan fingerprint density at radius 1 is 1.37 bits per heavy atom. The highest BCUT2D eigenvalue weighted by Crippen LogP contribution is 2.19. The minimum absolute atomic E-state index is 0.111. The molecular formula is C14H15N3O2. The van der Waals surface area contributed by atoms with Crippen LogP contribution in [0.5, 0.6) is 5.75 Å². The van der Waals surface area contributed by atoms with E-state index < -0.39 is 0 Å². The van der Waals surface area contributed by atoms with Gasteiger partial charge >= 0.3 is 0 Å². The van der Waals surface area contributed by atoms with Crippen LogP contribution in [0.1, 0.15) is 21.6 Å². The van der Waals surface area contributed by atoms with E-state index in [-0.39, 0.29) is 18.2 Å². The molecule has 0 saturated carbocycles. The third-order valence-electron chi connectivity index (χ3n) is 2.70. The molecule has 0 aliphatic heterocycles. The van der Waals surface area contributed by atoms with E-state index in [1.165, 1.54) is 6.07 Å². The molecule has 0 fully saturated rings. The summed E-state index contributed by atoms with van der Waals surface area (Å²) in [7, 11) is 0. The van der Waals surface area contributed by atoms with Gasteiger partial charge in [-0.15, -0.1) is 0 Å². The van der Waals surface area contributed by atoms with E-state index in [1.54, 1.807) is 30.5 Å². The van der Waals surface area contributed by atoms with Gasteiger partial charge in [-0.25, -0.2) is 0 Å². The summed E-state index contributed by atoms with van der Waals surface area (Å²) in [6.45, 7) is 2.04. The number of nitrogens with zero attached hydrogens (tertiary/aromatic N) is 1. The number of rotatable bonds is 3. The standard InChI is InChI=1S/C14H15N3O2/c1-9-6-10(4-5-16-9)14(19)17-8-11-7-12(15)2-3-13(11)18/h2-7,18H,8,15H2,1H3,(H,17,19). The summed E-state index contributed by atoms with van der Waals surface area (Å²) < 4.78 is 0. The lowest BCUT2D eigenvalue weighted by Crippen LogP contribution is -2.23. The number of aromatic hydroxyl groups is 1. The van der Waals surface area contributed by atoms with E-state index in [0.29, 0.717) is 16.8 Å². The molecule has 0 atom stereocenters. The van der Waals surface area contributed by atoms with Crippen LogP contribution >= 0.6 is 0 Å². The van der Waals surface area contributed by atoms with Crippen molar-refractivity contribution in [3.05, 3.63) is 53.3 Å². The van der Waals surface area contributed by atoms with Gasteiger partial charge in [0.15, 0.2) is 0 Å². The molecule has 19 heavy (non-hydrogen) atoms. The van der Waals surface area contributed by atoms with Crippen LogP contribution in [-0.4, -0.2) is 16.0 Å². The number of phenols is 1. The number of hydrogen-bond donors (Lipinski definition) is 3. The Labute approximate surface area is 111 Å². The quantitative estimate of drug-likeness (QED) is 0.575. The van der Waals surface area contributed by atoms with Crippen LogP contribution in [0, 0.1) is 6.92 Å². The second-order valence-electron chi connectivity index (χ2n) is 4.26. The lowest BCUT2D eigenvalue weighted by molar-refractivity contribution is 0.0950. The molecular weight excluding hydrogens is 242 g/mol. The minimum atomic E-state index is -0.215. The van der Waals surface area contributed by atoms with Crippen molar-refractivity contribution in [2.75, 3.05) is 5.73 Å². The number of aryl methyl sites for hydroxylation is 1. The largest absolute Gasteiger partial charge is 0.508 e. The van der Waals surface area contributed by atoms with Gasteiger partial charge in [0.05, 0.1) is 0 Å². The third kappa shape index (κ3) is 3.22. The summed E-state index contributed by atoms with van der Waals surface area (Å²) >= 11 is 0. The van der Waals surface area contributed by atoms with E-state index in [1.807, 2.05) is 6.92 Å². The van der Waals surface area contributed by atoms with Crippen molar-refractivity contribution >= 4 is 11.6 Å². The number of hydrogen-bond acceptors (Lipinski definition) is 4. The van der Waals surface area contributed by atoms with Gasteiger partial charge in [0.1, 0.15) is 5.75 Å². The maximum atomic E-state index is 11.9. The highest BCUT2D eigenvalue weighted by molar-refractivity contribution is 5.94. The molecule has 1 heterocycles. The summed E-state index contributed by atoms with van der Waals surface area (Å²) in [6.07, 6.45) is 1.59. The second-order valence-corrected chi connectivity index (χ2v) is 4.26. The van der Waals surface area contributed by atoms with Crippen molar-refractivity contribution < 1.29 is 9.90 Å². The number of nitrogen functional groups attached to an aromatic ring is 1. The topological polar surface area (TPSA) is 88.2 Å². The Balaban J connectivity index is 2.06. The van der Waals surface area contributed by atoms with Crippen LogP contribution in [-0.2, 0) is 6.54 Å². The number of nitrogens with one attached hydrogen (secondary N) is 1. The van der Waals surface area contributed by atoms with Crippen molar-refractivity contribution in [3.8, 4) is 5.75 Å². The zero-order valence-electron chi connectivity index (χ0n) is 10.6. The summed E-state index contributed by atoms with van der Waals surface area (Å²) in [5.74, 6) is -0.104. The van der Waals surface area contributed by atoms with E-state index in [2.05, 4.69) is 10.3 Å². The first-order valence-corrected chi connectivity index (χ1v) is 5.84. The molecule has 0 saturated heterocycles. The van der Waals surface area contributed by atoms with E-state index >= 15 is 0 Å². The molecule has 0 aliphatic rings. The maximum absolute atomic E-state index is 11.9. The molecule has 2 aromatic rings. The molecule has 0 aliphatic carbocycles. The average Bonchev–Trinajstić information content (AvgIpc) is 2.39. The molecule has 0 radical (unpaired) electrons. The van der Waals surface area contributed by atoms with Crippen molar-refractivity contribution in [2.45, 2.75) is 13.5 Å². The summed E-state index contributed by atoms with van der Waals surface area (Å²) in [5, 5.41) is 12.4. The summed E-state index contributed by atoms with van der Waals surface area (Å²) in [5.41, 5.74) is 8.07. The normalized spacial score (nSPS) is 10.2. The first kappa shape index (κ1) is 12.9. The zero-order chi connectivity index (χ0) is 13.8. The Morgan fingerprint density at radius 2 is 2.16 bits per heavy atom. The van der Waals surface area contributed by atoms with Crippen LogP contribution in [0.25, 0.3) is 0 Å². The molecule has 0 spiro atoms. The average molecular weight is 257 g/mol. The molecule has 0 unspecified atom stereocenters. The number of pyridine rings is 1. The molecule has 98 valence electrons. The van der Waals surface area contributed by atoms with Crippen molar-refractivity contribution in [2.24, 2.45) is 0 Å². The molecule has 1 aromatic carbocycles. The molecule has 4 N–H and O–H groups in total. The fourth-order valence-electron chi connectivity index (χ4n) is 1.71. The Hall–Kier alpha value is -2.56. The molecule has 1 aromatic heterocycles. The SMILES string of the molecule is Cc1cc(C(=O)NCc2cc(N)ccc2O)ccn1. The zero-order valence-corrected chi connectivity index (χ0v) is 10.6. The number of benzene rings is 1. The number of aromatic nitrogens is 1. The number of carbonyl (C=O) groups is 1. The van der Waals surface area contributed by atoms with Crippen LogP contribution < -0.4 is 11.1 Å². The van der Waals surface area contributed by atoms with Crippen LogP contribution in [0.3, 0.4) is 0 Å². The van der Waals surface area contributed by atoms with Gasteiger partial charge in [0, 0.05) is 35.2 Å².